The number of hydrogen-bond acceptors (Lipinski definition) is 5. The lowest BCUT2D eigenvalue weighted by Gasteiger charge is -2.43. The lowest BCUT2D eigenvalue weighted by atomic mass is 10.0. The zero-order valence-electron chi connectivity index (χ0n) is 23.4. The van der Waals surface area contributed by atoms with Crippen LogP contribution < -0.4 is 4.72 Å². The molecule has 2 rings (SSSR count). The SMILES string of the molecule is C/C(=C\[C@@H](O[Si](C(C)C)(C(C)C)C(C)C)C(=O)NS(=O)(=O)c1ccc(C)cc1)C[C@@H](O)c1ccccc1. The summed E-state index contributed by atoms with van der Waals surface area (Å²) in [5.41, 5.74) is 3.02. The molecule has 1 amide bonds. The minimum atomic E-state index is -4.08. The molecule has 0 bridgehead atoms. The van der Waals surface area contributed by atoms with Crippen LogP contribution in [0.4, 0.5) is 0 Å². The molecule has 0 radical (unpaired) electrons. The Morgan fingerprint density at radius 1 is 0.946 bits per heavy atom. The van der Waals surface area contributed by atoms with Crippen LogP contribution in [0.3, 0.4) is 0 Å². The molecule has 0 aliphatic carbocycles. The first-order valence-corrected chi connectivity index (χ1v) is 16.5. The number of carbonyl (C=O) groups is 1. The van der Waals surface area contributed by atoms with Crippen molar-refractivity contribution in [2.75, 3.05) is 0 Å². The summed E-state index contributed by atoms with van der Waals surface area (Å²) in [6.45, 7) is 16.4. The van der Waals surface area contributed by atoms with E-state index in [0.717, 1.165) is 16.7 Å². The van der Waals surface area contributed by atoms with Crippen molar-refractivity contribution < 1.29 is 22.7 Å². The van der Waals surface area contributed by atoms with Crippen LogP contribution in [-0.2, 0) is 19.2 Å². The molecule has 0 fully saturated rings. The van der Waals surface area contributed by atoms with Crippen molar-refractivity contribution in [3.63, 3.8) is 0 Å². The van der Waals surface area contributed by atoms with Gasteiger partial charge in [-0.3, -0.25) is 4.79 Å². The number of aliphatic hydroxyl groups is 1. The van der Waals surface area contributed by atoms with Crippen molar-refractivity contribution in [1.29, 1.82) is 0 Å². The maximum Gasteiger partial charge on any atom is 0.265 e. The molecule has 0 aliphatic heterocycles. The molecule has 204 valence electrons. The number of aryl methyl sites for hydroxylation is 1. The Labute approximate surface area is 224 Å². The first-order valence-electron chi connectivity index (χ1n) is 12.9. The molecule has 8 heteroatoms. The smallest absolute Gasteiger partial charge is 0.265 e. The van der Waals surface area contributed by atoms with Gasteiger partial charge in [-0.2, -0.15) is 0 Å². The van der Waals surface area contributed by atoms with Crippen LogP contribution in [0.15, 0.2) is 71.1 Å². The summed E-state index contributed by atoms with van der Waals surface area (Å²) >= 11 is 0. The molecule has 0 aromatic heterocycles. The highest BCUT2D eigenvalue weighted by atomic mass is 32.2. The van der Waals surface area contributed by atoms with Crippen molar-refractivity contribution in [3.8, 4) is 0 Å². The molecule has 0 heterocycles. The molecule has 2 aromatic rings. The molecular weight excluding hydrogens is 502 g/mol. The Morgan fingerprint density at radius 3 is 1.95 bits per heavy atom. The van der Waals surface area contributed by atoms with E-state index in [9.17, 15) is 18.3 Å². The summed E-state index contributed by atoms with van der Waals surface area (Å²) < 4.78 is 35.1. The lowest BCUT2D eigenvalue weighted by Crippen LogP contribution is -2.53. The number of carbonyl (C=O) groups excluding carboxylic acids is 1. The lowest BCUT2D eigenvalue weighted by molar-refractivity contribution is -0.124. The first kappa shape index (κ1) is 31.0. The van der Waals surface area contributed by atoms with Gasteiger partial charge in [-0.1, -0.05) is 95.1 Å². The minimum absolute atomic E-state index is 0.0190. The quantitative estimate of drug-likeness (QED) is 0.237. The van der Waals surface area contributed by atoms with Gasteiger partial charge in [0, 0.05) is 0 Å². The minimum Gasteiger partial charge on any atom is -0.401 e. The van der Waals surface area contributed by atoms with Crippen LogP contribution in [0.5, 0.6) is 0 Å². The van der Waals surface area contributed by atoms with Gasteiger partial charge in [-0.25, -0.2) is 13.1 Å². The monoisotopic (exact) mass is 545 g/mol. The van der Waals surface area contributed by atoms with Gasteiger partial charge in [0.25, 0.3) is 15.9 Å². The zero-order valence-corrected chi connectivity index (χ0v) is 25.2. The Bertz CT molecular complexity index is 1140. The van der Waals surface area contributed by atoms with E-state index in [2.05, 4.69) is 46.3 Å². The van der Waals surface area contributed by atoms with Gasteiger partial charge in [-0.15, -0.1) is 0 Å². The van der Waals surface area contributed by atoms with E-state index in [1.165, 1.54) is 12.1 Å². The van der Waals surface area contributed by atoms with Crippen molar-refractivity contribution in [2.24, 2.45) is 0 Å². The van der Waals surface area contributed by atoms with E-state index < -0.39 is 36.5 Å². The number of rotatable bonds is 12. The number of nitrogens with one attached hydrogen (secondary N) is 1. The van der Waals surface area contributed by atoms with E-state index >= 15 is 0 Å². The molecule has 0 unspecified atom stereocenters. The summed E-state index contributed by atoms with van der Waals surface area (Å²) in [6.07, 6.45) is 0.101. The fourth-order valence-electron chi connectivity index (χ4n) is 5.18. The number of aliphatic hydroxyl groups excluding tert-OH is 1. The molecule has 2 aromatic carbocycles. The van der Waals surface area contributed by atoms with Crippen molar-refractivity contribution >= 4 is 24.2 Å². The fourth-order valence-corrected chi connectivity index (χ4v) is 11.6. The number of amides is 1. The molecule has 37 heavy (non-hydrogen) atoms. The predicted octanol–water partition coefficient (Wildman–Crippen LogP) is 6.43. The third-order valence-corrected chi connectivity index (χ3v) is 14.4. The number of sulfonamides is 1. The van der Waals surface area contributed by atoms with Crippen molar-refractivity contribution in [3.05, 3.63) is 77.4 Å². The second-order valence-electron chi connectivity index (χ2n) is 10.8. The van der Waals surface area contributed by atoms with E-state index in [1.54, 1.807) is 18.2 Å². The third-order valence-electron chi connectivity index (χ3n) is 7.00. The van der Waals surface area contributed by atoms with Crippen molar-refractivity contribution in [2.45, 2.75) is 95.5 Å². The van der Waals surface area contributed by atoms with Gasteiger partial charge in [0.05, 0.1) is 11.0 Å². The second kappa shape index (κ2) is 13.0. The van der Waals surface area contributed by atoms with Gasteiger partial charge in [-0.05, 0) is 60.7 Å². The molecule has 0 saturated carbocycles. The summed E-state index contributed by atoms with van der Waals surface area (Å²) in [5.74, 6) is -0.729. The molecule has 0 saturated heterocycles. The standard InChI is InChI=1S/C29H43NO5SSi/c1-20(2)37(21(3)4,22(5)6)35-28(19-24(8)18-27(31)25-12-10-9-11-13-25)29(32)30-36(33,34)26-16-14-23(7)15-17-26/h9-17,19-22,27-28,31H,18H2,1-8H3,(H,30,32)/b24-19+/t27-,28-/m1/s1. The molecule has 0 aliphatic rings. The molecular formula is C29H43NO5SSi. The fraction of sp³-hybridized carbons (Fsp3) is 0.483. The van der Waals surface area contributed by atoms with Gasteiger partial charge in [0.15, 0.2) is 0 Å². The van der Waals surface area contributed by atoms with Gasteiger partial charge in [0.1, 0.15) is 6.10 Å². The highest BCUT2D eigenvalue weighted by Crippen LogP contribution is 2.43. The normalized spacial score (nSPS) is 14.8. The van der Waals surface area contributed by atoms with Crippen LogP contribution in [0.2, 0.25) is 16.6 Å². The van der Waals surface area contributed by atoms with E-state index in [1.807, 2.05) is 44.2 Å². The summed E-state index contributed by atoms with van der Waals surface area (Å²) in [6, 6.07) is 15.6. The Kier molecular flexibility index (Phi) is 10.9. The third kappa shape index (κ3) is 7.86. The highest BCUT2D eigenvalue weighted by molar-refractivity contribution is 7.90. The molecule has 2 N–H and O–H groups in total. The zero-order chi connectivity index (χ0) is 28.0. The predicted molar refractivity (Wildman–Crippen MR) is 152 cm³/mol. The van der Waals surface area contributed by atoms with Crippen LogP contribution in [0, 0.1) is 6.92 Å². The molecule has 6 nitrogen and oxygen atoms in total. The Balaban J connectivity index is 2.45. The number of benzene rings is 2. The second-order valence-corrected chi connectivity index (χ2v) is 17.9. The van der Waals surface area contributed by atoms with Gasteiger partial charge >= 0.3 is 0 Å². The maximum atomic E-state index is 13.5. The first-order chi connectivity index (χ1) is 17.2. The van der Waals surface area contributed by atoms with Crippen LogP contribution in [-0.4, -0.2) is 33.9 Å². The molecule has 0 spiro atoms. The van der Waals surface area contributed by atoms with E-state index in [-0.39, 0.29) is 21.5 Å². The van der Waals surface area contributed by atoms with Gasteiger partial charge < -0.3 is 9.53 Å². The van der Waals surface area contributed by atoms with Crippen LogP contribution >= 0.6 is 0 Å². The largest absolute Gasteiger partial charge is 0.401 e. The average Bonchev–Trinajstić information content (AvgIpc) is 2.81. The summed E-state index contributed by atoms with van der Waals surface area (Å²) in [5, 5.41) is 10.7. The Hall–Kier alpha value is -2.26. The van der Waals surface area contributed by atoms with E-state index in [4.69, 9.17) is 4.43 Å². The Morgan fingerprint density at radius 2 is 1.46 bits per heavy atom. The van der Waals surface area contributed by atoms with Crippen LogP contribution in [0.1, 0.15) is 72.1 Å². The number of hydrogen-bond donors (Lipinski definition) is 2. The molecule has 2 atom stereocenters. The average molecular weight is 546 g/mol. The summed E-state index contributed by atoms with van der Waals surface area (Å²) in [7, 11) is -6.63. The van der Waals surface area contributed by atoms with Gasteiger partial charge in [0.2, 0.25) is 8.32 Å². The topological polar surface area (TPSA) is 92.7 Å². The van der Waals surface area contributed by atoms with E-state index in [0.29, 0.717) is 6.42 Å². The van der Waals surface area contributed by atoms with Crippen LogP contribution in [0.25, 0.3) is 0 Å². The maximum absolute atomic E-state index is 13.5. The van der Waals surface area contributed by atoms with Crippen molar-refractivity contribution in [1.82, 2.24) is 4.72 Å². The summed E-state index contributed by atoms with van der Waals surface area (Å²) in [4.78, 5) is 13.6. The highest BCUT2D eigenvalue weighted by Gasteiger charge is 2.47.